The summed E-state index contributed by atoms with van der Waals surface area (Å²) in [7, 11) is -3.57. The van der Waals surface area contributed by atoms with E-state index in [1.165, 1.54) is 6.92 Å². The molecule has 2 unspecified atom stereocenters. The van der Waals surface area contributed by atoms with Crippen molar-refractivity contribution < 1.29 is 28.1 Å². The minimum atomic E-state index is -3.57. The fourth-order valence-corrected chi connectivity index (χ4v) is 5.38. The number of hydrogen-bond acceptors (Lipinski definition) is 6. The van der Waals surface area contributed by atoms with E-state index in [1.54, 1.807) is 27.7 Å². The van der Waals surface area contributed by atoms with Gasteiger partial charge in [0.05, 0.1) is 6.61 Å². The number of ether oxygens (including phenoxy) is 3. The molecule has 0 radical (unpaired) electrons. The van der Waals surface area contributed by atoms with Crippen LogP contribution in [0, 0.1) is 0 Å². The molecule has 0 amide bonds. The van der Waals surface area contributed by atoms with Crippen molar-refractivity contribution in [1.82, 2.24) is 0 Å². The van der Waals surface area contributed by atoms with Gasteiger partial charge in [0.2, 0.25) is 5.53 Å². The molecule has 0 fully saturated rings. The average molecular weight is 366 g/mol. The van der Waals surface area contributed by atoms with E-state index >= 15 is 0 Å². The Labute approximate surface area is 147 Å². The molecule has 0 heterocycles. The van der Waals surface area contributed by atoms with Gasteiger partial charge >= 0.3 is 5.97 Å². The SMILES string of the molecule is CCCCCCC(OC(C)=O)P(=O)(OCC)C(C)(OCC)OCC. The molecule has 7 heteroatoms. The number of hydrogen-bond donors (Lipinski definition) is 0. The monoisotopic (exact) mass is 366 g/mol. The minimum Gasteiger partial charge on any atom is -0.452 e. The Kier molecular flexibility index (Phi) is 11.8. The first-order valence-electron chi connectivity index (χ1n) is 9.00. The zero-order valence-electron chi connectivity index (χ0n) is 16.1. The van der Waals surface area contributed by atoms with Gasteiger partial charge in [-0.15, -0.1) is 0 Å². The molecule has 24 heavy (non-hydrogen) atoms. The third-order valence-corrected chi connectivity index (χ3v) is 6.85. The van der Waals surface area contributed by atoms with E-state index in [-0.39, 0.29) is 6.61 Å². The number of carbonyl (C=O) groups excluding carboxylic acids is 1. The summed E-state index contributed by atoms with van der Waals surface area (Å²) in [4.78, 5) is 11.6. The van der Waals surface area contributed by atoms with Gasteiger partial charge in [-0.3, -0.25) is 9.36 Å². The van der Waals surface area contributed by atoms with Gasteiger partial charge in [-0.05, 0) is 40.5 Å². The lowest BCUT2D eigenvalue weighted by molar-refractivity contribution is -0.172. The predicted octanol–water partition coefficient (Wildman–Crippen LogP) is 4.91. The summed E-state index contributed by atoms with van der Waals surface area (Å²) in [6, 6.07) is 0. The summed E-state index contributed by atoms with van der Waals surface area (Å²) in [5.74, 6) is -1.35. The fraction of sp³-hybridized carbons (Fsp3) is 0.941. The fourth-order valence-electron chi connectivity index (χ4n) is 2.65. The van der Waals surface area contributed by atoms with Gasteiger partial charge in [0, 0.05) is 20.1 Å². The molecular weight excluding hydrogens is 331 g/mol. The first-order chi connectivity index (χ1) is 11.3. The maximum atomic E-state index is 13.8. The van der Waals surface area contributed by atoms with Crippen LogP contribution >= 0.6 is 7.37 Å². The normalized spacial score (nSPS) is 15.8. The van der Waals surface area contributed by atoms with Crippen LogP contribution in [-0.2, 0) is 28.1 Å². The maximum absolute atomic E-state index is 13.8. The van der Waals surface area contributed by atoms with Crippen LogP contribution in [0.25, 0.3) is 0 Å². The lowest BCUT2D eigenvalue weighted by Gasteiger charge is -2.39. The van der Waals surface area contributed by atoms with Crippen molar-refractivity contribution in [3.63, 3.8) is 0 Å². The average Bonchev–Trinajstić information content (AvgIpc) is 2.50. The molecule has 0 saturated carbocycles. The largest absolute Gasteiger partial charge is 0.452 e. The molecule has 0 aromatic carbocycles. The third-order valence-electron chi connectivity index (χ3n) is 3.70. The van der Waals surface area contributed by atoms with Crippen molar-refractivity contribution >= 4 is 13.3 Å². The standard InChI is InChI=1S/C17H35O6P/c1-7-11-12-13-14-16(23-15(5)18)24(19,22-10-4)17(6,20-8-2)21-9-3/h16H,7-14H2,1-6H3. The van der Waals surface area contributed by atoms with Crippen molar-refractivity contribution in [2.75, 3.05) is 19.8 Å². The molecule has 0 aliphatic rings. The van der Waals surface area contributed by atoms with Gasteiger partial charge in [0.1, 0.15) is 0 Å². The molecule has 0 bridgehead atoms. The van der Waals surface area contributed by atoms with E-state index in [4.69, 9.17) is 18.7 Å². The number of carbonyl (C=O) groups is 1. The van der Waals surface area contributed by atoms with Crippen LogP contribution in [0.2, 0.25) is 0 Å². The highest BCUT2D eigenvalue weighted by atomic mass is 31.2. The van der Waals surface area contributed by atoms with Crippen LogP contribution in [0.1, 0.15) is 73.6 Å². The van der Waals surface area contributed by atoms with Crippen molar-refractivity contribution in [1.29, 1.82) is 0 Å². The second-order valence-corrected chi connectivity index (χ2v) is 8.53. The topological polar surface area (TPSA) is 71.1 Å². The molecular formula is C17H35O6P. The highest BCUT2D eigenvalue weighted by molar-refractivity contribution is 7.60. The van der Waals surface area contributed by atoms with Crippen LogP contribution in [0.3, 0.4) is 0 Å². The summed E-state index contributed by atoms with van der Waals surface area (Å²) in [6.45, 7) is 11.3. The van der Waals surface area contributed by atoms with E-state index in [2.05, 4.69) is 6.92 Å². The second-order valence-electron chi connectivity index (χ2n) is 5.69. The van der Waals surface area contributed by atoms with Crippen LogP contribution in [0.15, 0.2) is 0 Å². The van der Waals surface area contributed by atoms with E-state index in [9.17, 15) is 9.36 Å². The Morgan fingerprint density at radius 2 is 1.58 bits per heavy atom. The predicted molar refractivity (Wildman–Crippen MR) is 95.2 cm³/mol. The van der Waals surface area contributed by atoms with E-state index in [0.717, 1.165) is 25.7 Å². The minimum absolute atomic E-state index is 0.222. The van der Waals surface area contributed by atoms with Gasteiger partial charge in [-0.1, -0.05) is 26.2 Å². The van der Waals surface area contributed by atoms with Gasteiger partial charge < -0.3 is 18.7 Å². The number of esters is 1. The highest BCUT2D eigenvalue weighted by Gasteiger charge is 2.54. The molecule has 0 N–H and O–H groups in total. The molecule has 0 saturated heterocycles. The summed E-state index contributed by atoms with van der Waals surface area (Å²) < 4.78 is 36.2. The van der Waals surface area contributed by atoms with Crippen LogP contribution in [-0.4, -0.2) is 37.2 Å². The van der Waals surface area contributed by atoms with Crippen LogP contribution < -0.4 is 0 Å². The number of rotatable bonds is 14. The molecule has 0 aromatic heterocycles. The van der Waals surface area contributed by atoms with Gasteiger partial charge in [0.25, 0.3) is 7.37 Å². The Bertz CT molecular complexity index is 393. The third kappa shape index (κ3) is 6.83. The first kappa shape index (κ1) is 23.6. The molecule has 0 aliphatic heterocycles. The highest BCUT2D eigenvalue weighted by Crippen LogP contribution is 2.65. The van der Waals surface area contributed by atoms with E-state index < -0.39 is 24.7 Å². The summed E-state index contributed by atoms with van der Waals surface area (Å²) in [6.07, 6.45) is 4.43. The second kappa shape index (κ2) is 12.0. The maximum Gasteiger partial charge on any atom is 0.303 e. The van der Waals surface area contributed by atoms with E-state index in [0.29, 0.717) is 19.6 Å². The van der Waals surface area contributed by atoms with Crippen LogP contribution in [0.5, 0.6) is 0 Å². The molecule has 0 rings (SSSR count). The Hall–Kier alpha value is -0.420. The smallest absolute Gasteiger partial charge is 0.303 e. The Balaban J connectivity index is 5.56. The van der Waals surface area contributed by atoms with Crippen molar-refractivity contribution in [3.8, 4) is 0 Å². The number of unbranched alkanes of at least 4 members (excludes halogenated alkanes) is 3. The van der Waals surface area contributed by atoms with Gasteiger partial charge in [-0.2, -0.15) is 0 Å². The zero-order valence-corrected chi connectivity index (χ0v) is 17.0. The Morgan fingerprint density at radius 3 is 2.00 bits per heavy atom. The molecule has 0 aromatic rings. The summed E-state index contributed by atoms with van der Waals surface area (Å²) in [5.41, 5.74) is -1.43. The molecule has 144 valence electrons. The van der Waals surface area contributed by atoms with Crippen molar-refractivity contribution in [2.45, 2.75) is 85.0 Å². The van der Waals surface area contributed by atoms with Crippen LogP contribution in [0.4, 0.5) is 0 Å². The lowest BCUT2D eigenvalue weighted by Crippen LogP contribution is -2.39. The van der Waals surface area contributed by atoms with Crippen molar-refractivity contribution in [2.24, 2.45) is 0 Å². The summed E-state index contributed by atoms with van der Waals surface area (Å²) in [5, 5.41) is 0. The lowest BCUT2D eigenvalue weighted by atomic mass is 10.2. The quantitative estimate of drug-likeness (QED) is 0.188. The van der Waals surface area contributed by atoms with Crippen molar-refractivity contribution in [3.05, 3.63) is 0 Å². The first-order valence-corrected chi connectivity index (χ1v) is 10.7. The summed E-state index contributed by atoms with van der Waals surface area (Å²) >= 11 is 0. The molecule has 6 nitrogen and oxygen atoms in total. The van der Waals surface area contributed by atoms with E-state index in [1.807, 2.05) is 0 Å². The van der Waals surface area contributed by atoms with Gasteiger partial charge in [0.15, 0.2) is 5.85 Å². The zero-order chi connectivity index (χ0) is 18.6. The van der Waals surface area contributed by atoms with Gasteiger partial charge in [-0.25, -0.2) is 0 Å². The molecule has 0 aliphatic carbocycles. The molecule has 2 atom stereocenters. The molecule has 0 spiro atoms. The Morgan fingerprint density at radius 1 is 1.00 bits per heavy atom.